The summed E-state index contributed by atoms with van der Waals surface area (Å²) in [4.78, 5) is 38.8. The fraction of sp³-hybridized carbons (Fsp3) is 0.286. The zero-order chi connectivity index (χ0) is 29.3. The molecule has 0 spiro atoms. The van der Waals surface area contributed by atoms with Crippen molar-refractivity contribution in [3.8, 4) is 0 Å². The number of rotatable bonds is 13. The van der Waals surface area contributed by atoms with E-state index in [0.29, 0.717) is 17.1 Å². The number of carbonyl (C=O) groups excluding carboxylic acids is 2. The van der Waals surface area contributed by atoms with Crippen LogP contribution in [-0.2, 0) is 26.2 Å². The average molecular weight is 587 g/mol. The van der Waals surface area contributed by atoms with E-state index in [2.05, 4.69) is 5.32 Å². The molecule has 10 nitrogen and oxygen atoms in total. The highest BCUT2D eigenvalue weighted by Gasteiger charge is 2.33. The lowest BCUT2D eigenvalue weighted by molar-refractivity contribution is -0.384. The van der Waals surface area contributed by atoms with Gasteiger partial charge in [-0.1, -0.05) is 67.4 Å². The van der Waals surface area contributed by atoms with E-state index in [0.717, 1.165) is 23.2 Å². The van der Waals surface area contributed by atoms with Crippen LogP contribution in [0, 0.1) is 10.1 Å². The molecule has 12 heteroatoms. The third-order valence-electron chi connectivity index (χ3n) is 6.23. The molecule has 0 bridgehead atoms. The number of benzene rings is 3. The summed E-state index contributed by atoms with van der Waals surface area (Å²) < 4.78 is 28.3. The number of nitro groups is 1. The Morgan fingerprint density at radius 3 is 2.35 bits per heavy atom. The number of non-ortho nitro benzene ring substituents is 1. The second kappa shape index (κ2) is 13.9. The third kappa shape index (κ3) is 7.57. The Labute approximate surface area is 238 Å². The van der Waals surface area contributed by atoms with Crippen LogP contribution in [0.15, 0.2) is 83.8 Å². The molecule has 0 aliphatic rings. The van der Waals surface area contributed by atoms with Gasteiger partial charge in [0.25, 0.3) is 15.7 Å². The fourth-order valence-electron chi connectivity index (χ4n) is 3.94. The zero-order valence-corrected chi connectivity index (χ0v) is 23.8. The summed E-state index contributed by atoms with van der Waals surface area (Å²) in [5.41, 5.74) is 0.164. The number of nitrogens with zero attached hydrogens (tertiary/aromatic N) is 3. The Kier molecular flexibility index (Phi) is 10.6. The van der Waals surface area contributed by atoms with Crippen LogP contribution in [0.1, 0.15) is 32.3 Å². The Hall–Kier alpha value is -3.96. The molecule has 1 unspecified atom stereocenters. The molecular formula is C28H31ClN4O6S. The molecule has 40 heavy (non-hydrogen) atoms. The molecule has 3 aromatic carbocycles. The second-order valence-corrected chi connectivity index (χ2v) is 11.3. The highest BCUT2D eigenvalue weighted by molar-refractivity contribution is 7.92. The molecule has 0 heterocycles. The van der Waals surface area contributed by atoms with Crippen molar-refractivity contribution in [2.45, 2.75) is 44.2 Å². The predicted molar refractivity (Wildman–Crippen MR) is 153 cm³/mol. The second-order valence-electron chi connectivity index (χ2n) is 9.04. The van der Waals surface area contributed by atoms with Gasteiger partial charge in [-0.25, -0.2) is 8.42 Å². The molecule has 3 rings (SSSR count). The van der Waals surface area contributed by atoms with Gasteiger partial charge in [0.15, 0.2) is 0 Å². The number of halogens is 1. The topological polar surface area (TPSA) is 130 Å². The molecule has 0 aliphatic carbocycles. The van der Waals surface area contributed by atoms with Crippen molar-refractivity contribution in [3.05, 3.63) is 99.6 Å². The van der Waals surface area contributed by atoms with Crippen molar-refractivity contribution < 1.29 is 22.9 Å². The van der Waals surface area contributed by atoms with Gasteiger partial charge in [0.05, 0.1) is 15.5 Å². The van der Waals surface area contributed by atoms with Crippen LogP contribution in [0.2, 0.25) is 5.02 Å². The van der Waals surface area contributed by atoms with Crippen molar-refractivity contribution in [3.63, 3.8) is 0 Å². The summed E-state index contributed by atoms with van der Waals surface area (Å²) in [6.07, 6.45) is 1.62. The van der Waals surface area contributed by atoms with Crippen LogP contribution in [0.5, 0.6) is 0 Å². The SMILES string of the molecule is CCCCNC(=O)C(C)N(Cc1ccccc1Cl)C(=O)CN(c1cccc([N+](=O)[O-])c1)S(=O)(=O)c1ccccc1. The number of nitro benzene ring substituents is 1. The maximum atomic E-state index is 13.9. The number of unbranched alkanes of at least 4 members (excludes halogenated alkanes) is 1. The minimum atomic E-state index is -4.33. The Morgan fingerprint density at radius 1 is 1.02 bits per heavy atom. The van der Waals surface area contributed by atoms with Crippen LogP contribution in [0.3, 0.4) is 0 Å². The molecule has 212 valence electrons. The van der Waals surface area contributed by atoms with E-state index in [4.69, 9.17) is 11.6 Å². The van der Waals surface area contributed by atoms with Gasteiger partial charge in [-0.05, 0) is 43.2 Å². The minimum Gasteiger partial charge on any atom is -0.354 e. The van der Waals surface area contributed by atoms with E-state index in [-0.39, 0.29) is 22.8 Å². The van der Waals surface area contributed by atoms with Crippen LogP contribution in [0.25, 0.3) is 0 Å². The molecule has 1 atom stereocenters. The molecule has 2 amide bonds. The van der Waals surface area contributed by atoms with Gasteiger partial charge in [-0.3, -0.25) is 24.0 Å². The normalized spacial score (nSPS) is 11.9. The molecule has 0 fully saturated rings. The Bertz CT molecular complexity index is 1450. The summed E-state index contributed by atoms with van der Waals surface area (Å²) >= 11 is 6.35. The highest BCUT2D eigenvalue weighted by atomic mass is 35.5. The number of carbonyl (C=O) groups is 2. The van der Waals surface area contributed by atoms with Crippen molar-refractivity contribution in [1.82, 2.24) is 10.2 Å². The summed E-state index contributed by atoms with van der Waals surface area (Å²) in [6, 6.07) is 18.4. The molecule has 1 N–H and O–H groups in total. The van der Waals surface area contributed by atoms with E-state index in [1.165, 1.54) is 47.4 Å². The Morgan fingerprint density at radius 2 is 1.70 bits per heavy atom. The maximum absolute atomic E-state index is 13.9. The average Bonchev–Trinajstić information content (AvgIpc) is 2.95. The largest absolute Gasteiger partial charge is 0.354 e. The fourth-order valence-corrected chi connectivity index (χ4v) is 5.56. The number of amides is 2. The molecular weight excluding hydrogens is 556 g/mol. The van der Waals surface area contributed by atoms with Crippen molar-refractivity contribution >= 4 is 44.8 Å². The summed E-state index contributed by atoms with van der Waals surface area (Å²) in [5.74, 6) is -1.09. The lowest BCUT2D eigenvalue weighted by Crippen LogP contribution is -2.51. The minimum absolute atomic E-state index is 0.0605. The smallest absolute Gasteiger partial charge is 0.271 e. The monoisotopic (exact) mass is 586 g/mol. The van der Waals surface area contributed by atoms with Gasteiger partial charge in [0.1, 0.15) is 12.6 Å². The van der Waals surface area contributed by atoms with Crippen molar-refractivity contribution in [2.75, 3.05) is 17.4 Å². The maximum Gasteiger partial charge on any atom is 0.271 e. The van der Waals surface area contributed by atoms with E-state index < -0.39 is 39.3 Å². The van der Waals surface area contributed by atoms with E-state index >= 15 is 0 Å². The highest BCUT2D eigenvalue weighted by Crippen LogP contribution is 2.28. The Balaban J connectivity index is 2.04. The molecule has 0 saturated heterocycles. The number of anilines is 1. The zero-order valence-electron chi connectivity index (χ0n) is 22.2. The summed E-state index contributed by atoms with van der Waals surface area (Å²) in [5, 5.41) is 14.6. The molecule has 0 saturated carbocycles. The summed E-state index contributed by atoms with van der Waals surface area (Å²) in [7, 11) is -4.33. The first-order valence-corrected chi connectivity index (χ1v) is 14.5. The first-order chi connectivity index (χ1) is 19.1. The third-order valence-corrected chi connectivity index (χ3v) is 8.39. The van der Waals surface area contributed by atoms with E-state index in [9.17, 15) is 28.1 Å². The first-order valence-electron chi connectivity index (χ1n) is 12.7. The van der Waals surface area contributed by atoms with Crippen LogP contribution in [0.4, 0.5) is 11.4 Å². The molecule has 0 radical (unpaired) electrons. The van der Waals surface area contributed by atoms with Crippen LogP contribution in [-0.4, -0.2) is 49.2 Å². The standard InChI is InChI=1S/C28H31ClN4O6S/c1-3-4-17-30-28(35)21(2)31(19-22-11-8-9-16-26(22)29)27(34)20-32(23-12-10-13-24(18-23)33(36)37)40(38,39)25-14-6-5-7-15-25/h5-16,18,21H,3-4,17,19-20H2,1-2H3,(H,30,35). The lowest BCUT2D eigenvalue weighted by atomic mass is 10.1. The first kappa shape index (κ1) is 30.6. The molecule has 0 aliphatic heterocycles. The number of sulfonamides is 1. The number of hydrogen-bond acceptors (Lipinski definition) is 6. The lowest BCUT2D eigenvalue weighted by Gasteiger charge is -2.32. The van der Waals surface area contributed by atoms with Crippen molar-refractivity contribution in [2.24, 2.45) is 0 Å². The van der Waals surface area contributed by atoms with E-state index in [1.54, 1.807) is 37.3 Å². The quantitative estimate of drug-likeness (QED) is 0.174. The van der Waals surface area contributed by atoms with E-state index in [1.807, 2.05) is 6.92 Å². The van der Waals surface area contributed by atoms with Gasteiger partial charge >= 0.3 is 0 Å². The number of hydrogen-bond donors (Lipinski definition) is 1. The van der Waals surface area contributed by atoms with Gasteiger partial charge in [0, 0.05) is 30.2 Å². The molecule has 0 aromatic heterocycles. The predicted octanol–water partition coefficient (Wildman–Crippen LogP) is 4.78. The van der Waals surface area contributed by atoms with Gasteiger partial charge in [-0.2, -0.15) is 0 Å². The van der Waals surface area contributed by atoms with Crippen LogP contribution < -0.4 is 9.62 Å². The van der Waals surface area contributed by atoms with Crippen LogP contribution >= 0.6 is 11.6 Å². The van der Waals surface area contributed by atoms with Gasteiger partial charge in [0.2, 0.25) is 11.8 Å². The molecule has 3 aromatic rings. The van der Waals surface area contributed by atoms with Gasteiger partial charge < -0.3 is 10.2 Å². The summed E-state index contributed by atoms with van der Waals surface area (Å²) in [6.45, 7) is 3.19. The van der Waals surface area contributed by atoms with Gasteiger partial charge in [-0.15, -0.1) is 0 Å². The van der Waals surface area contributed by atoms with Crippen molar-refractivity contribution in [1.29, 1.82) is 0 Å². The number of nitrogens with one attached hydrogen (secondary N) is 1.